The summed E-state index contributed by atoms with van der Waals surface area (Å²) in [7, 11) is 2.14. The van der Waals surface area contributed by atoms with Crippen LogP contribution in [0.25, 0.3) is 0 Å². The standard InChI is InChI=1S/C14H21FN2O/c1-12-3-4-13(15)11-14(12)18-10-9-17-7-5-16(2)6-8-17/h3-4,11H,5-10H2,1-2H3. The van der Waals surface area contributed by atoms with Crippen molar-refractivity contribution in [3.63, 3.8) is 0 Å². The Bertz CT molecular complexity index is 389. The summed E-state index contributed by atoms with van der Waals surface area (Å²) in [6, 6.07) is 4.67. The number of ether oxygens (including phenoxy) is 1. The molecule has 1 aliphatic heterocycles. The van der Waals surface area contributed by atoms with Crippen molar-refractivity contribution in [3.05, 3.63) is 29.6 Å². The lowest BCUT2D eigenvalue weighted by Gasteiger charge is -2.32. The maximum atomic E-state index is 13.1. The molecule has 0 spiro atoms. The van der Waals surface area contributed by atoms with Crippen molar-refractivity contribution < 1.29 is 9.13 Å². The monoisotopic (exact) mass is 252 g/mol. The van der Waals surface area contributed by atoms with Crippen LogP contribution in [0.15, 0.2) is 18.2 Å². The summed E-state index contributed by atoms with van der Waals surface area (Å²) in [6.07, 6.45) is 0. The van der Waals surface area contributed by atoms with E-state index in [-0.39, 0.29) is 5.82 Å². The first-order valence-corrected chi connectivity index (χ1v) is 6.45. The Morgan fingerprint density at radius 3 is 2.67 bits per heavy atom. The van der Waals surface area contributed by atoms with Gasteiger partial charge in [-0.05, 0) is 25.6 Å². The van der Waals surface area contributed by atoms with E-state index in [1.807, 2.05) is 6.92 Å². The van der Waals surface area contributed by atoms with Gasteiger partial charge in [0, 0.05) is 38.8 Å². The van der Waals surface area contributed by atoms with Gasteiger partial charge in [-0.2, -0.15) is 0 Å². The van der Waals surface area contributed by atoms with Crippen molar-refractivity contribution in [2.24, 2.45) is 0 Å². The molecule has 4 heteroatoms. The molecule has 0 atom stereocenters. The number of hydrogen-bond acceptors (Lipinski definition) is 3. The van der Waals surface area contributed by atoms with Crippen molar-refractivity contribution in [2.75, 3.05) is 46.4 Å². The summed E-state index contributed by atoms with van der Waals surface area (Å²) < 4.78 is 18.7. The van der Waals surface area contributed by atoms with E-state index in [9.17, 15) is 4.39 Å². The molecule has 0 aromatic heterocycles. The van der Waals surface area contributed by atoms with Crippen LogP contribution in [0.3, 0.4) is 0 Å². The van der Waals surface area contributed by atoms with E-state index in [1.165, 1.54) is 12.1 Å². The van der Waals surface area contributed by atoms with Crippen LogP contribution in [0.2, 0.25) is 0 Å². The average Bonchev–Trinajstić information content (AvgIpc) is 2.36. The maximum Gasteiger partial charge on any atom is 0.126 e. The van der Waals surface area contributed by atoms with Crippen LogP contribution in [0.5, 0.6) is 5.75 Å². The summed E-state index contributed by atoms with van der Waals surface area (Å²) >= 11 is 0. The highest BCUT2D eigenvalue weighted by Gasteiger charge is 2.13. The van der Waals surface area contributed by atoms with Gasteiger partial charge in [-0.15, -0.1) is 0 Å². The van der Waals surface area contributed by atoms with Gasteiger partial charge in [0.15, 0.2) is 0 Å². The average molecular weight is 252 g/mol. The smallest absolute Gasteiger partial charge is 0.126 e. The molecule has 3 nitrogen and oxygen atoms in total. The van der Waals surface area contributed by atoms with Gasteiger partial charge in [-0.25, -0.2) is 4.39 Å². The molecule has 1 saturated heterocycles. The van der Waals surface area contributed by atoms with Gasteiger partial charge in [0.1, 0.15) is 18.2 Å². The number of aryl methyl sites for hydroxylation is 1. The predicted octanol–water partition coefficient (Wildman–Crippen LogP) is 1.76. The highest BCUT2D eigenvalue weighted by Crippen LogP contribution is 2.18. The second kappa shape index (κ2) is 6.16. The van der Waals surface area contributed by atoms with Gasteiger partial charge in [0.05, 0.1) is 0 Å². The normalized spacial score (nSPS) is 17.9. The lowest BCUT2D eigenvalue weighted by Crippen LogP contribution is -2.45. The van der Waals surface area contributed by atoms with Crippen molar-refractivity contribution in [3.8, 4) is 5.75 Å². The molecule has 0 radical (unpaired) electrons. The van der Waals surface area contributed by atoms with Crippen molar-refractivity contribution in [2.45, 2.75) is 6.92 Å². The Labute approximate surface area is 108 Å². The van der Waals surface area contributed by atoms with Crippen LogP contribution < -0.4 is 4.74 Å². The molecule has 0 amide bonds. The zero-order valence-corrected chi connectivity index (χ0v) is 11.2. The van der Waals surface area contributed by atoms with E-state index in [2.05, 4.69) is 16.8 Å². The molecule has 0 bridgehead atoms. The minimum absolute atomic E-state index is 0.241. The molecule has 1 aromatic rings. The SMILES string of the molecule is Cc1ccc(F)cc1OCCN1CCN(C)CC1. The summed E-state index contributed by atoms with van der Waals surface area (Å²) in [6.45, 7) is 7.85. The Balaban J connectivity index is 1.76. The minimum Gasteiger partial charge on any atom is -0.492 e. The first-order valence-electron chi connectivity index (χ1n) is 6.45. The van der Waals surface area contributed by atoms with E-state index in [1.54, 1.807) is 6.07 Å². The third-order valence-electron chi connectivity index (χ3n) is 3.41. The minimum atomic E-state index is -0.241. The van der Waals surface area contributed by atoms with Crippen molar-refractivity contribution >= 4 is 0 Å². The number of likely N-dealkylation sites (N-methyl/N-ethyl adjacent to an activating group) is 1. The molecular weight excluding hydrogens is 231 g/mol. The van der Waals surface area contributed by atoms with Gasteiger partial charge < -0.3 is 9.64 Å². The summed E-state index contributed by atoms with van der Waals surface area (Å²) in [5.41, 5.74) is 0.981. The zero-order valence-electron chi connectivity index (χ0n) is 11.2. The molecule has 2 rings (SSSR count). The molecule has 0 unspecified atom stereocenters. The van der Waals surface area contributed by atoms with E-state index < -0.39 is 0 Å². The summed E-state index contributed by atoms with van der Waals surface area (Å²) in [4.78, 5) is 4.71. The lowest BCUT2D eigenvalue weighted by atomic mass is 10.2. The lowest BCUT2D eigenvalue weighted by molar-refractivity contribution is 0.133. The predicted molar refractivity (Wildman–Crippen MR) is 70.6 cm³/mol. The fourth-order valence-corrected chi connectivity index (χ4v) is 2.09. The Hall–Kier alpha value is -1.13. The van der Waals surface area contributed by atoms with Crippen molar-refractivity contribution in [1.29, 1.82) is 0 Å². The van der Waals surface area contributed by atoms with Crippen molar-refractivity contribution in [1.82, 2.24) is 9.80 Å². The fourth-order valence-electron chi connectivity index (χ4n) is 2.09. The third-order valence-corrected chi connectivity index (χ3v) is 3.41. The number of hydrogen-bond donors (Lipinski definition) is 0. The Kier molecular flexibility index (Phi) is 4.55. The molecule has 0 aliphatic carbocycles. The molecule has 1 aromatic carbocycles. The second-order valence-electron chi connectivity index (χ2n) is 4.90. The van der Waals surface area contributed by atoms with Crippen LogP contribution in [0.4, 0.5) is 4.39 Å². The van der Waals surface area contributed by atoms with Gasteiger partial charge in [0.2, 0.25) is 0 Å². The molecule has 100 valence electrons. The van der Waals surface area contributed by atoms with E-state index >= 15 is 0 Å². The highest BCUT2D eigenvalue weighted by molar-refractivity contribution is 5.32. The quantitative estimate of drug-likeness (QED) is 0.812. The molecule has 1 aliphatic rings. The topological polar surface area (TPSA) is 15.7 Å². The maximum absolute atomic E-state index is 13.1. The van der Waals surface area contributed by atoms with Crippen LogP contribution in [-0.2, 0) is 0 Å². The zero-order chi connectivity index (χ0) is 13.0. The number of benzene rings is 1. The van der Waals surface area contributed by atoms with Crippen LogP contribution in [-0.4, -0.2) is 56.2 Å². The van der Waals surface area contributed by atoms with E-state index in [0.717, 1.165) is 38.3 Å². The van der Waals surface area contributed by atoms with Crippen LogP contribution in [0.1, 0.15) is 5.56 Å². The Morgan fingerprint density at radius 1 is 1.22 bits per heavy atom. The molecular formula is C14H21FN2O. The van der Waals surface area contributed by atoms with Gasteiger partial charge >= 0.3 is 0 Å². The Morgan fingerprint density at radius 2 is 1.94 bits per heavy atom. The molecule has 1 heterocycles. The first-order chi connectivity index (χ1) is 8.65. The van der Waals surface area contributed by atoms with E-state index in [0.29, 0.717) is 12.4 Å². The molecule has 18 heavy (non-hydrogen) atoms. The number of rotatable bonds is 4. The summed E-state index contributed by atoms with van der Waals surface area (Å²) in [5, 5.41) is 0. The van der Waals surface area contributed by atoms with Gasteiger partial charge in [-0.3, -0.25) is 4.90 Å². The number of nitrogens with zero attached hydrogens (tertiary/aromatic N) is 2. The fraction of sp³-hybridized carbons (Fsp3) is 0.571. The number of halogens is 1. The molecule has 0 N–H and O–H groups in total. The summed E-state index contributed by atoms with van der Waals surface area (Å²) in [5.74, 6) is 0.416. The third kappa shape index (κ3) is 3.68. The van der Waals surface area contributed by atoms with Gasteiger partial charge in [0.25, 0.3) is 0 Å². The molecule has 1 fully saturated rings. The van der Waals surface area contributed by atoms with Crippen LogP contribution >= 0.6 is 0 Å². The second-order valence-corrected chi connectivity index (χ2v) is 4.90. The number of piperazine rings is 1. The first kappa shape index (κ1) is 13.3. The van der Waals surface area contributed by atoms with Gasteiger partial charge in [-0.1, -0.05) is 6.07 Å². The van der Waals surface area contributed by atoms with Crippen LogP contribution in [0, 0.1) is 12.7 Å². The largest absolute Gasteiger partial charge is 0.492 e. The molecule has 0 saturated carbocycles. The van der Waals surface area contributed by atoms with E-state index in [4.69, 9.17) is 4.74 Å². The highest BCUT2D eigenvalue weighted by atomic mass is 19.1.